The first-order chi connectivity index (χ1) is 7.41. The third-order valence-corrected chi connectivity index (χ3v) is 2.70. The maximum Gasteiger partial charge on any atom is 0.195 e. The van der Waals surface area contributed by atoms with Crippen LogP contribution in [0.4, 0.5) is 0 Å². The van der Waals surface area contributed by atoms with E-state index in [9.17, 15) is 9.90 Å². The Kier molecular flexibility index (Phi) is 2.35. The molecule has 84 valence electrons. The third-order valence-electron chi connectivity index (χ3n) is 2.70. The van der Waals surface area contributed by atoms with Crippen molar-refractivity contribution in [1.82, 2.24) is 4.57 Å². The van der Waals surface area contributed by atoms with Gasteiger partial charge in [-0.25, -0.2) is 0 Å². The predicted molar refractivity (Wildman–Crippen MR) is 63.5 cm³/mol. The van der Waals surface area contributed by atoms with E-state index in [-0.39, 0.29) is 5.78 Å². The monoisotopic (exact) mass is 217 g/mol. The van der Waals surface area contributed by atoms with Crippen molar-refractivity contribution in [3.8, 4) is 0 Å². The second-order valence-corrected chi connectivity index (χ2v) is 4.56. The van der Waals surface area contributed by atoms with Gasteiger partial charge in [0.05, 0.1) is 0 Å². The van der Waals surface area contributed by atoms with Crippen LogP contribution in [0.15, 0.2) is 30.5 Å². The van der Waals surface area contributed by atoms with Gasteiger partial charge in [-0.05, 0) is 19.9 Å². The number of aryl methyl sites for hydroxylation is 1. The number of carbonyl (C=O) groups is 1. The van der Waals surface area contributed by atoms with Crippen molar-refractivity contribution in [3.05, 3.63) is 36.0 Å². The van der Waals surface area contributed by atoms with E-state index >= 15 is 0 Å². The van der Waals surface area contributed by atoms with E-state index in [0.29, 0.717) is 5.56 Å². The minimum absolute atomic E-state index is 0.246. The van der Waals surface area contributed by atoms with Crippen molar-refractivity contribution in [2.75, 3.05) is 0 Å². The van der Waals surface area contributed by atoms with Crippen LogP contribution in [-0.4, -0.2) is 21.1 Å². The maximum atomic E-state index is 12.0. The second-order valence-electron chi connectivity index (χ2n) is 4.56. The molecule has 0 spiro atoms. The molecule has 0 atom stereocenters. The molecule has 1 aromatic heterocycles. The zero-order valence-corrected chi connectivity index (χ0v) is 9.69. The van der Waals surface area contributed by atoms with Crippen LogP contribution in [0.2, 0.25) is 0 Å². The number of aliphatic hydroxyl groups is 1. The number of ketones is 1. The molecule has 0 saturated carbocycles. The molecule has 0 aliphatic heterocycles. The van der Waals surface area contributed by atoms with Crippen LogP contribution in [0.5, 0.6) is 0 Å². The molecule has 0 saturated heterocycles. The zero-order chi connectivity index (χ0) is 11.9. The first-order valence-electron chi connectivity index (χ1n) is 5.22. The molecular weight excluding hydrogens is 202 g/mol. The maximum absolute atomic E-state index is 12.0. The quantitative estimate of drug-likeness (QED) is 0.783. The van der Waals surface area contributed by atoms with Gasteiger partial charge in [-0.15, -0.1) is 0 Å². The lowest BCUT2D eigenvalue weighted by Crippen LogP contribution is -2.30. The summed E-state index contributed by atoms with van der Waals surface area (Å²) in [4.78, 5) is 12.0. The second kappa shape index (κ2) is 3.46. The summed E-state index contributed by atoms with van der Waals surface area (Å²) in [5.74, 6) is -0.246. The van der Waals surface area contributed by atoms with Crippen molar-refractivity contribution in [3.63, 3.8) is 0 Å². The van der Waals surface area contributed by atoms with Crippen molar-refractivity contribution < 1.29 is 9.90 Å². The average molecular weight is 217 g/mol. The van der Waals surface area contributed by atoms with Gasteiger partial charge < -0.3 is 9.67 Å². The molecule has 2 rings (SSSR count). The Morgan fingerprint density at radius 1 is 1.31 bits per heavy atom. The number of nitrogens with zero attached hydrogens (tertiary/aromatic N) is 1. The molecule has 0 aliphatic carbocycles. The Hall–Kier alpha value is -1.61. The smallest absolute Gasteiger partial charge is 0.195 e. The van der Waals surface area contributed by atoms with E-state index in [1.54, 1.807) is 6.20 Å². The standard InChI is InChI=1S/C13H15NO2/c1-13(2,16)12(15)10-8-14(3)11-7-5-4-6-9(10)11/h4-8,16H,1-3H3. The largest absolute Gasteiger partial charge is 0.382 e. The van der Waals surface area contributed by atoms with Gasteiger partial charge in [-0.2, -0.15) is 0 Å². The van der Waals surface area contributed by atoms with Crippen molar-refractivity contribution in [2.45, 2.75) is 19.4 Å². The predicted octanol–water partition coefficient (Wildman–Crippen LogP) is 2.13. The summed E-state index contributed by atoms with van der Waals surface area (Å²) in [7, 11) is 1.89. The fraction of sp³-hybridized carbons (Fsp3) is 0.308. The normalized spacial score (nSPS) is 12.0. The highest BCUT2D eigenvalue weighted by Gasteiger charge is 2.27. The Morgan fingerprint density at radius 2 is 1.94 bits per heavy atom. The summed E-state index contributed by atoms with van der Waals surface area (Å²) in [5.41, 5.74) is 0.241. The van der Waals surface area contributed by atoms with Crippen molar-refractivity contribution in [1.29, 1.82) is 0 Å². The van der Waals surface area contributed by atoms with E-state index in [4.69, 9.17) is 0 Å². The summed E-state index contributed by atoms with van der Waals surface area (Å²) in [6.45, 7) is 3.02. The number of hydrogen-bond donors (Lipinski definition) is 1. The number of fused-ring (bicyclic) bond motifs is 1. The van der Waals surface area contributed by atoms with E-state index < -0.39 is 5.60 Å². The molecule has 0 amide bonds. The number of carbonyl (C=O) groups excluding carboxylic acids is 1. The van der Waals surface area contributed by atoms with Gasteiger partial charge in [0.25, 0.3) is 0 Å². The lowest BCUT2D eigenvalue weighted by atomic mass is 9.97. The van der Waals surface area contributed by atoms with Gasteiger partial charge in [0.1, 0.15) is 5.60 Å². The van der Waals surface area contributed by atoms with Crippen molar-refractivity contribution >= 4 is 16.7 Å². The van der Waals surface area contributed by atoms with Crippen LogP contribution < -0.4 is 0 Å². The fourth-order valence-corrected chi connectivity index (χ4v) is 1.85. The Balaban J connectivity index is 2.67. The summed E-state index contributed by atoms with van der Waals surface area (Å²) in [6.07, 6.45) is 1.77. The molecule has 0 bridgehead atoms. The number of benzene rings is 1. The Bertz CT molecular complexity index is 547. The Labute approximate surface area is 94.3 Å². The van der Waals surface area contributed by atoms with E-state index in [0.717, 1.165) is 10.9 Å². The third kappa shape index (κ3) is 1.63. The highest BCUT2D eigenvalue weighted by atomic mass is 16.3. The highest BCUT2D eigenvalue weighted by molar-refractivity contribution is 6.11. The first kappa shape index (κ1) is 10.9. The number of Topliss-reactive ketones (excluding diaryl/α,β-unsaturated/α-hetero) is 1. The SMILES string of the molecule is Cn1cc(C(=O)C(C)(C)O)c2ccccc21. The molecule has 1 N–H and O–H groups in total. The van der Waals surface area contributed by atoms with Crippen LogP contribution in [0, 0.1) is 0 Å². The molecule has 1 aromatic carbocycles. The fourth-order valence-electron chi connectivity index (χ4n) is 1.85. The van der Waals surface area contributed by atoms with Gasteiger partial charge in [-0.1, -0.05) is 18.2 Å². The van der Waals surface area contributed by atoms with E-state index in [1.807, 2.05) is 35.9 Å². The molecule has 2 aromatic rings. The van der Waals surface area contributed by atoms with Gasteiger partial charge in [0.15, 0.2) is 5.78 Å². The molecule has 3 nitrogen and oxygen atoms in total. The number of aromatic nitrogens is 1. The minimum atomic E-state index is -1.33. The minimum Gasteiger partial charge on any atom is -0.382 e. The molecule has 0 unspecified atom stereocenters. The zero-order valence-electron chi connectivity index (χ0n) is 9.69. The summed E-state index contributed by atoms with van der Waals surface area (Å²) >= 11 is 0. The number of para-hydroxylation sites is 1. The van der Waals surface area contributed by atoms with E-state index in [2.05, 4.69) is 0 Å². The van der Waals surface area contributed by atoms with Crippen LogP contribution >= 0.6 is 0 Å². The van der Waals surface area contributed by atoms with E-state index in [1.165, 1.54) is 13.8 Å². The van der Waals surface area contributed by atoms with Gasteiger partial charge >= 0.3 is 0 Å². The molecular formula is C13H15NO2. The summed E-state index contributed by atoms with van der Waals surface area (Å²) in [5, 5.41) is 10.6. The average Bonchev–Trinajstić information content (AvgIpc) is 2.55. The van der Waals surface area contributed by atoms with Crippen LogP contribution in [0.25, 0.3) is 10.9 Å². The first-order valence-corrected chi connectivity index (χ1v) is 5.22. The molecule has 16 heavy (non-hydrogen) atoms. The highest BCUT2D eigenvalue weighted by Crippen LogP contribution is 2.24. The van der Waals surface area contributed by atoms with Crippen LogP contribution in [0.3, 0.4) is 0 Å². The topological polar surface area (TPSA) is 42.2 Å². The Morgan fingerprint density at radius 3 is 2.56 bits per heavy atom. The number of rotatable bonds is 2. The molecule has 0 fully saturated rings. The summed E-state index contributed by atoms with van der Waals surface area (Å²) < 4.78 is 1.90. The van der Waals surface area contributed by atoms with Gasteiger partial charge in [-0.3, -0.25) is 4.79 Å². The van der Waals surface area contributed by atoms with Crippen molar-refractivity contribution in [2.24, 2.45) is 7.05 Å². The molecule has 3 heteroatoms. The van der Waals surface area contributed by atoms with Gasteiger partial charge in [0, 0.05) is 29.7 Å². The molecule has 1 heterocycles. The molecule has 0 aliphatic rings. The molecule has 0 radical (unpaired) electrons. The lowest BCUT2D eigenvalue weighted by Gasteiger charge is -2.14. The number of hydrogen-bond acceptors (Lipinski definition) is 2. The van der Waals surface area contributed by atoms with Crippen LogP contribution in [0.1, 0.15) is 24.2 Å². The van der Waals surface area contributed by atoms with Gasteiger partial charge in [0.2, 0.25) is 0 Å². The lowest BCUT2D eigenvalue weighted by molar-refractivity contribution is 0.0489. The van der Waals surface area contributed by atoms with Crippen LogP contribution in [-0.2, 0) is 7.05 Å². The summed E-state index contributed by atoms with van der Waals surface area (Å²) in [6, 6.07) is 7.68.